The lowest BCUT2D eigenvalue weighted by Crippen LogP contribution is -2.33. The lowest BCUT2D eigenvalue weighted by atomic mass is 10.1. The zero-order chi connectivity index (χ0) is 14.1. The molecule has 0 spiro atoms. The van der Waals surface area contributed by atoms with Crippen molar-refractivity contribution in [2.24, 2.45) is 5.92 Å². The zero-order valence-electron chi connectivity index (χ0n) is 10.8. The van der Waals surface area contributed by atoms with Crippen LogP contribution in [0.4, 0.5) is 10.5 Å². The Balaban J connectivity index is 1.68. The minimum absolute atomic E-state index is 0.247. The van der Waals surface area contributed by atoms with E-state index in [4.69, 9.17) is 5.11 Å². The molecule has 0 aliphatic carbocycles. The van der Waals surface area contributed by atoms with Crippen molar-refractivity contribution in [1.29, 1.82) is 0 Å². The van der Waals surface area contributed by atoms with Crippen LogP contribution in [0.3, 0.4) is 0 Å². The van der Waals surface area contributed by atoms with E-state index in [2.05, 4.69) is 10.3 Å². The highest BCUT2D eigenvalue weighted by atomic mass is 16.4. The molecule has 1 saturated heterocycles. The number of likely N-dealkylation sites (tertiary alicyclic amines) is 1. The summed E-state index contributed by atoms with van der Waals surface area (Å²) < 4.78 is 0. The van der Waals surface area contributed by atoms with E-state index >= 15 is 0 Å². The molecule has 1 aliphatic heterocycles. The molecule has 2 aromatic rings. The smallest absolute Gasteiger partial charge is 0.321 e. The number of H-pyrrole nitrogens is 1. The zero-order valence-corrected chi connectivity index (χ0v) is 10.8. The summed E-state index contributed by atoms with van der Waals surface area (Å²) in [6.07, 6.45) is 2.35. The summed E-state index contributed by atoms with van der Waals surface area (Å²) in [4.78, 5) is 27.6. The van der Waals surface area contributed by atoms with Crippen LogP contribution in [0.1, 0.15) is 6.42 Å². The Morgan fingerprint density at radius 1 is 1.35 bits per heavy atom. The Bertz CT molecular complexity index is 664. The quantitative estimate of drug-likeness (QED) is 0.783. The van der Waals surface area contributed by atoms with Gasteiger partial charge in [0.15, 0.2) is 0 Å². The number of benzene rings is 1. The van der Waals surface area contributed by atoms with E-state index in [1.54, 1.807) is 4.90 Å². The molecule has 6 nitrogen and oxygen atoms in total. The molecule has 2 heterocycles. The molecule has 20 heavy (non-hydrogen) atoms. The first-order chi connectivity index (χ1) is 9.63. The fraction of sp³-hybridized carbons (Fsp3) is 0.286. The number of rotatable bonds is 2. The number of carbonyl (C=O) groups excluding carboxylic acids is 1. The SMILES string of the molecule is O=C(O)C1CCN(C(=O)Nc2ccc3[nH]ccc3c2)C1. The van der Waals surface area contributed by atoms with Gasteiger partial charge in [0.25, 0.3) is 0 Å². The van der Waals surface area contributed by atoms with Crippen molar-refractivity contribution in [3.05, 3.63) is 30.5 Å². The van der Waals surface area contributed by atoms with Gasteiger partial charge in [0.05, 0.1) is 5.92 Å². The molecule has 3 rings (SSSR count). The van der Waals surface area contributed by atoms with Crippen molar-refractivity contribution < 1.29 is 14.7 Å². The number of anilines is 1. The third-order valence-electron chi connectivity index (χ3n) is 3.63. The van der Waals surface area contributed by atoms with Crippen molar-refractivity contribution in [2.45, 2.75) is 6.42 Å². The molecule has 1 aromatic heterocycles. The van der Waals surface area contributed by atoms with E-state index in [9.17, 15) is 9.59 Å². The number of hydrogen-bond acceptors (Lipinski definition) is 2. The fourth-order valence-electron chi connectivity index (χ4n) is 2.48. The Hall–Kier alpha value is -2.50. The van der Waals surface area contributed by atoms with E-state index in [1.165, 1.54) is 0 Å². The lowest BCUT2D eigenvalue weighted by Gasteiger charge is -2.16. The summed E-state index contributed by atoms with van der Waals surface area (Å²) in [6, 6.07) is 7.29. The van der Waals surface area contributed by atoms with Gasteiger partial charge in [-0.05, 0) is 30.7 Å². The first-order valence-electron chi connectivity index (χ1n) is 6.49. The number of nitrogens with one attached hydrogen (secondary N) is 2. The van der Waals surface area contributed by atoms with Crippen molar-refractivity contribution in [2.75, 3.05) is 18.4 Å². The molecule has 6 heteroatoms. The van der Waals surface area contributed by atoms with Crippen LogP contribution in [0.25, 0.3) is 10.9 Å². The largest absolute Gasteiger partial charge is 0.481 e. The number of carboxylic acids is 1. The van der Waals surface area contributed by atoms with Gasteiger partial charge in [-0.1, -0.05) is 0 Å². The Morgan fingerprint density at radius 3 is 2.95 bits per heavy atom. The highest BCUT2D eigenvalue weighted by Gasteiger charge is 2.30. The third kappa shape index (κ3) is 2.32. The molecule has 104 valence electrons. The molecule has 1 fully saturated rings. The van der Waals surface area contributed by atoms with Crippen LogP contribution in [-0.2, 0) is 4.79 Å². The highest BCUT2D eigenvalue weighted by molar-refractivity contribution is 5.93. The van der Waals surface area contributed by atoms with Crippen LogP contribution in [0, 0.1) is 5.92 Å². The molecule has 1 aromatic carbocycles. The van der Waals surface area contributed by atoms with E-state index in [-0.39, 0.29) is 12.6 Å². The minimum atomic E-state index is -0.839. The monoisotopic (exact) mass is 273 g/mol. The van der Waals surface area contributed by atoms with Crippen molar-refractivity contribution in [1.82, 2.24) is 9.88 Å². The van der Waals surface area contributed by atoms with Gasteiger partial charge in [-0.2, -0.15) is 0 Å². The maximum atomic E-state index is 12.1. The summed E-state index contributed by atoms with van der Waals surface area (Å²) in [5, 5.41) is 12.8. The molecule has 1 unspecified atom stereocenters. The van der Waals surface area contributed by atoms with Crippen LogP contribution in [-0.4, -0.2) is 40.1 Å². The summed E-state index contributed by atoms with van der Waals surface area (Å²) in [5.74, 6) is -1.29. The van der Waals surface area contributed by atoms with Gasteiger partial charge in [0.1, 0.15) is 0 Å². The Labute approximate surface area is 115 Å². The number of urea groups is 1. The van der Waals surface area contributed by atoms with E-state index < -0.39 is 11.9 Å². The number of nitrogens with zero attached hydrogens (tertiary/aromatic N) is 1. The van der Waals surface area contributed by atoms with Gasteiger partial charge in [-0.25, -0.2) is 4.79 Å². The van der Waals surface area contributed by atoms with Crippen LogP contribution in [0.2, 0.25) is 0 Å². The summed E-state index contributed by atoms with van der Waals surface area (Å²) in [6.45, 7) is 0.753. The third-order valence-corrected chi connectivity index (χ3v) is 3.63. The van der Waals surface area contributed by atoms with Crippen LogP contribution < -0.4 is 5.32 Å². The number of carboxylic acid groups (broad SMARTS) is 1. The lowest BCUT2D eigenvalue weighted by molar-refractivity contribution is -0.141. The van der Waals surface area contributed by atoms with Gasteiger partial charge in [0.2, 0.25) is 0 Å². The molecule has 0 saturated carbocycles. The molecule has 1 atom stereocenters. The molecule has 1 aliphatic rings. The summed E-state index contributed by atoms with van der Waals surface area (Å²) in [7, 11) is 0. The van der Waals surface area contributed by atoms with Crippen molar-refractivity contribution >= 4 is 28.6 Å². The molecule has 0 bridgehead atoms. The number of carbonyl (C=O) groups is 2. The Morgan fingerprint density at radius 2 is 2.20 bits per heavy atom. The van der Waals surface area contributed by atoms with E-state index in [0.717, 1.165) is 10.9 Å². The standard InChI is InChI=1S/C14H15N3O3/c18-13(19)10-4-6-17(8-10)14(20)16-11-1-2-12-9(7-11)3-5-15-12/h1-3,5,7,10,15H,4,6,8H2,(H,16,20)(H,18,19). The summed E-state index contributed by atoms with van der Waals surface area (Å²) in [5.41, 5.74) is 1.72. The number of aromatic nitrogens is 1. The second-order valence-electron chi connectivity index (χ2n) is 4.98. The predicted molar refractivity (Wildman–Crippen MR) is 74.6 cm³/mol. The highest BCUT2D eigenvalue weighted by Crippen LogP contribution is 2.20. The maximum Gasteiger partial charge on any atom is 0.321 e. The van der Waals surface area contributed by atoms with E-state index in [1.807, 2.05) is 30.5 Å². The molecular weight excluding hydrogens is 258 g/mol. The van der Waals surface area contributed by atoms with Gasteiger partial charge in [-0.15, -0.1) is 0 Å². The van der Waals surface area contributed by atoms with Gasteiger partial charge in [-0.3, -0.25) is 4.79 Å². The maximum absolute atomic E-state index is 12.1. The normalized spacial score (nSPS) is 18.4. The van der Waals surface area contributed by atoms with Gasteiger partial charge >= 0.3 is 12.0 Å². The average molecular weight is 273 g/mol. The van der Waals surface area contributed by atoms with E-state index in [0.29, 0.717) is 18.7 Å². The van der Waals surface area contributed by atoms with Gasteiger partial charge in [0, 0.05) is 35.9 Å². The van der Waals surface area contributed by atoms with Crippen molar-refractivity contribution in [3.8, 4) is 0 Å². The van der Waals surface area contributed by atoms with Crippen LogP contribution in [0.5, 0.6) is 0 Å². The number of aromatic amines is 1. The first-order valence-corrected chi connectivity index (χ1v) is 6.49. The second-order valence-corrected chi connectivity index (χ2v) is 4.98. The first kappa shape index (κ1) is 12.5. The minimum Gasteiger partial charge on any atom is -0.481 e. The second kappa shape index (κ2) is 4.88. The predicted octanol–water partition coefficient (Wildman–Crippen LogP) is 2.11. The average Bonchev–Trinajstić information content (AvgIpc) is 3.07. The summed E-state index contributed by atoms with van der Waals surface area (Å²) >= 11 is 0. The topological polar surface area (TPSA) is 85.4 Å². The Kier molecular flexibility index (Phi) is 3.06. The fourth-order valence-corrected chi connectivity index (χ4v) is 2.48. The number of aliphatic carboxylic acids is 1. The molecule has 0 radical (unpaired) electrons. The van der Waals surface area contributed by atoms with Crippen LogP contribution in [0.15, 0.2) is 30.5 Å². The van der Waals surface area contributed by atoms with Crippen LogP contribution >= 0.6 is 0 Å². The molecule has 3 N–H and O–H groups in total. The number of hydrogen-bond donors (Lipinski definition) is 3. The number of amides is 2. The molecular formula is C14H15N3O3. The van der Waals surface area contributed by atoms with Crippen molar-refractivity contribution in [3.63, 3.8) is 0 Å². The molecule has 2 amide bonds. The number of fused-ring (bicyclic) bond motifs is 1. The van der Waals surface area contributed by atoms with Gasteiger partial charge < -0.3 is 20.3 Å².